The minimum absolute atomic E-state index is 0.127. The molecule has 2 aromatic rings. The summed E-state index contributed by atoms with van der Waals surface area (Å²) >= 11 is 0. The normalized spacial score (nSPS) is 12.8. The van der Waals surface area contributed by atoms with Crippen LogP contribution in [0.25, 0.3) is 0 Å². The zero-order valence-electron chi connectivity index (χ0n) is 22.6. The number of rotatable bonds is 9. The lowest BCUT2D eigenvalue weighted by Gasteiger charge is -2.23. The molecule has 0 aliphatic heterocycles. The van der Waals surface area contributed by atoms with Gasteiger partial charge in [-0.1, -0.05) is 62.9 Å². The molecular formula is C29H37N5O4. The first-order valence-corrected chi connectivity index (χ1v) is 12.3. The van der Waals surface area contributed by atoms with E-state index in [1.165, 1.54) is 7.11 Å². The summed E-state index contributed by atoms with van der Waals surface area (Å²) in [6.07, 6.45) is 0.647. The average Bonchev–Trinajstić information content (AvgIpc) is 2.89. The van der Waals surface area contributed by atoms with Gasteiger partial charge in [-0.25, -0.2) is 9.79 Å². The number of carbonyl (C=O) groups excluding carboxylic acids is 3. The number of nitrogens with two attached hydrogens (primary N) is 1. The van der Waals surface area contributed by atoms with Crippen molar-refractivity contribution in [3.05, 3.63) is 71.3 Å². The molecule has 0 spiro atoms. The van der Waals surface area contributed by atoms with Crippen LogP contribution in [0.3, 0.4) is 0 Å². The van der Waals surface area contributed by atoms with Gasteiger partial charge < -0.3 is 26.4 Å². The SMILES string of the molecule is CNC(N)=N[C@H](CC(C)(C)C)C(=O)NCC(=O)N[C@@H](Cc1ccc(C#Cc2ccccc2)cc1)C(=O)OC. The monoisotopic (exact) mass is 519 g/mol. The maximum Gasteiger partial charge on any atom is 0.328 e. The number of aliphatic imine (C=N–C) groups is 1. The van der Waals surface area contributed by atoms with Crippen LogP contribution in [0.15, 0.2) is 59.6 Å². The van der Waals surface area contributed by atoms with Gasteiger partial charge in [0.1, 0.15) is 12.1 Å². The van der Waals surface area contributed by atoms with Gasteiger partial charge in [0.25, 0.3) is 0 Å². The Labute approximate surface area is 224 Å². The van der Waals surface area contributed by atoms with Crippen LogP contribution >= 0.6 is 0 Å². The Morgan fingerprint density at radius 2 is 1.61 bits per heavy atom. The second kappa shape index (κ2) is 14.4. The second-order valence-corrected chi connectivity index (χ2v) is 9.92. The van der Waals surface area contributed by atoms with Gasteiger partial charge in [0.05, 0.1) is 13.7 Å². The van der Waals surface area contributed by atoms with Crippen molar-refractivity contribution in [3.8, 4) is 11.8 Å². The summed E-state index contributed by atoms with van der Waals surface area (Å²) in [5.74, 6) is 4.77. The van der Waals surface area contributed by atoms with Crippen molar-refractivity contribution in [1.29, 1.82) is 0 Å². The second-order valence-electron chi connectivity index (χ2n) is 9.92. The Hall–Kier alpha value is -4.32. The molecule has 0 heterocycles. The fraction of sp³-hybridized carbons (Fsp3) is 0.379. The molecule has 9 nitrogen and oxygen atoms in total. The Kier molecular flexibility index (Phi) is 11.4. The van der Waals surface area contributed by atoms with Crippen molar-refractivity contribution in [1.82, 2.24) is 16.0 Å². The Morgan fingerprint density at radius 1 is 1.00 bits per heavy atom. The summed E-state index contributed by atoms with van der Waals surface area (Å²) in [6.45, 7) is 5.62. The fourth-order valence-electron chi connectivity index (χ4n) is 3.50. The molecule has 0 saturated heterocycles. The van der Waals surface area contributed by atoms with E-state index in [-0.39, 0.29) is 24.3 Å². The van der Waals surface area contributed by atoms with E-state index in [1.807, 2.05) is 75.4 Å². The molecule has 2 aromatic carbocycles. The van der Waals surface area contributed by atoms with Crippen LogP contribution in [0.4, 0.5) is 0 Å². The number of carbonyl (C=O) groups is 3. The molecule has 0 unspecified atom stereocenters. The van der Waals surface area contributed by atoms with Gasteiger partial charge in [0.15, 0.2) is 5.96 Å². The highest BCUT2D eigenvalue weighted by Gasteiger charge is 2.26. The van der Waals surface area contributed by atoms with E-state index in [0.29, 0.717) is 6.42 Å². The topological polar surface area (TPSA) is 135 Å². The summed E-state index contributed by atoms with van der Waals surface area (Å²) in [7, 11) is 2.86. The van der Waals surface area contributed by atoms with Crippen molar-refractivity contribution in [2.24, 2.45) is 16.1 Å². The zero-order chi connectivity index (χ0) is 28.1. The highest BCUT2D eigenvalue weighted by molar-refractivity contribution is 5.91. The Morgan fingerprint density at radius 3 is 2.16 bits per heavy atom. The van der Waals surface area contributed by atoms with Crippen LogP contribution in [0, 0.1) is 17.3 Å². The van der Waals surface area contributed by atoms with E-state index >= 15 is 0 Å². The third-order valence-electron chi connectivity index (χ3n) is 5.42. The van der Waals surface area contributed by atoms with E-state index < -0.39 is 29.9 Å². The lowest BCUT2D eigenvalue weighted by atomic mass is 9.88. The first kappa shape index (κ1) is 29.9. The molecule has 5 N–H and O–H groups in total. The molecule has 0 aliphatic rings. The first-order valence-electron chi connectivity index (χ1n) is 12.3. The molecule has 0 fully saturated rings. The van der Waals surface area contributed by atoms with Crippen molar-refractivity contribution in [2.75, 3.05) is 20.7 Å². The van der Waals surface area contributed by atoms with E-state index in [0.717, 1.165) is 16.7 Å². The number of methoxy groups -OCH3 is 1. The van der Waals surface area contributed by atoms with Crippen LogP contribution in [0.5, 0.6) is 0 Å². The number of guanidine groups is 1. The van der Waals surface area contributed by atoms with Gasteiger partial charge in [0.2, 0.25) is 11.8 Å². The highest BCUT2D eigenvalue weighted by atomic mass is 16.5. The number of esters is 1. The van der Waals surface area contributed by atoms with E-state index in [2.05, 4.69) is 32.8 Å². The Balaban J connectivity index is 2.00. The molecule has 0 saturated carbocycles. The van der Waals surface area contributed by atoms with Crippen LogP contribution < -0.4 is 21.7 Å². The first-order chi connectivity index (χ1) is 18.0. The van der Waals surface area contributed by atoms with Crippen molar-refractivity contribution < 1.29 is 19.1 Å². The average molecular weight is 520 g/mol. The summed E-state index contributed by atoms with van der Waals surface area (Å²) in [6, 6.07) is 15.4. The zero-order valence-corrected chi connectivity index (χ0v) is 22.6. The lowest BCUT2D eigenvalue weighted by molar-refractivity contribution is -0.145. The minimum Gasteiger partial charge on any atom is -0.467 e. The molecule has 0 bridgehead atoms. The van der Waals surface area contributed by atoms with Gasteiger partial charge in [0, 0.05) is 24.6 Å². The van der Waals surface area contributed by atoms with E-state index in [4.69, 9.17) is 10.5 Å². The van der Waals surface area contributed by atoms with E-state index in [1.54, 1.807) is 7.05 Å². The third kappa shape index (κ3) is 10.7. The summed E-state index contributed by atoms with van der Waals surface area (Å²) < 4.78 is 4.87. The number of hydrogen-bond donors (Lipinski definition) is 4. The standard InChI is InChI=1S/C29H37N5O4/c1-29(2,3)18-24(34-28(30)31-4)26(36)32-19-25(35)33-23(27(37)38-5)17-22-15-13-21(14-16-22)12-11-20-9-7-6-8-10-20/h6-10,13-16,23-24H,17-19H2,1-5H3,(H,32,36)(H,33,35)(H3,30,31,34)/t23-,24+/m0/s1. The maximum absolute atomic E-state index is 12.7. The predicted octanol–water partition coefficient (Wildman–Crippen LogP) is 1.74. The molecule has 0 radical (unpaired) electrons. The number of benzene rings is 2. The van der Waals surface area contributed by atoms with Gasteiger partial charge in [-0.2, -0.15) is 0 Å². The fourth-order valence-corrected chi connectivity index (χ4v) is 3.50. The molecule has 2 amide bonds. The quantitative estimate of drug-likeness (QED) is 0.173. The summed E-state index contributed by atoms with van der Waals surface area (Å²) in [5.41, 5.74) is 8.11. The predicted molar refractivity (Wildman–Crippen MR) is 148 cm³/mol. The van der Waals surface area contributed by atoms with Crippen molar-refractivity contribution in [3.63, 3.8) is 0 Å². The van der Waals surface area contributed by atoms with Gasteiger partial charge in [-0.15, -0.1) is 0 Å². The van der Waals surface area contributed by atoms with Crippen molar-refractivity contribution >= 4 is 23.7 Å². The number of nitrogens with zero attached hydrogens (tertiary/aromatic N) is 1. The molecule has 0 aliphatic carbocycles. The number of hydrogen-bond acceptors (Lipinski definition) is 5. The van der Waals surface area contributed by atoms with Crippen LogP contribution in [0.1, 0.15) is 43.9 Å². The molecule has 38 heavy (non-hydrogen) atoms. The smallest absolute Gasteiger partial charge is 0.328 e. The van der Waals surface area contributed by atoms with E-state index in [9.17, 15) is 14.4 Å². The molecule has 0 aromatic heterocycles. The van der Waals surface area contributed by atoms with Gasteiger partial charge >= 0.3 is 5.97 Å². The summed E-state index contributed by atoms with van der Waals surface area (Å²) in [4.78, 5) is 41.9. The number of nitrogens with one attached hydrogen (secondary N) is 3. The summed E-state index contributed by atoms with van der Waals surface area (Å²) in [5, 5.41) is 7.93. The molecule has 202 valence electrons. The molecule has 9 heteroatoms. The molecule has 2 rings (SSSR count). The lowest BCUT2D eigenvalue weighted by Crippen LogP contribution is -2.48. The maximum atomic E-state index is 12.7. The third-order valence-corrected chi connectivity index (χ3v) is 5.42. The Bertz CT molecular complexity index is 1180. The minimum atomic E-state index is -0.922. The van der Waals surface area contributed by atoms with Crippen LogP contribution in [-0.2, 0) is 25.5 Å². The van der Waals surface area contributed by atoms with Crippen LogP contribution in [-0.4, -0.2) is 56.5 Å². The molecule has 2 atom stereocenters. The van der Waals surface area contributed by atoms with Gasteiger partial charge in [-0.05, 0) is 41.7 Å². The largest absolute Gasteiger partial charge is 0.467 e. The van der Waals surface area contributed by atoms with Crippen molar-refractivity contribution in [2.45, 2.75) is 45.7 Å². The number of ether oxygens (including phenoxy) is 1. The highest BCUT2D eigenvalue weighted by Crippen LogP contribution is 2.22. The molecular weight excluding hydrogens is 482 g/mol. The number of amides is 2. The van der Waals surface area contributed by atoms with Crippen LogP contribution in [0.2, 0.25) is 0 Å². The van der Waals surface area contributed by atoms with Gasteiger partial charge in [-0.3, -0.25) is 9.59 Å².